The van der Waals surface area contributed by atoms with Crippen LogP contribution in [0.15, 0.2) is 52.9 Å². The van der Waals surface area contributed by atoms with Gasteiger partial charge in [0.1, 0.15) is 0 Å². The lowest BCUT2D eigenvalue weighted by Crippen LogP contribution is -2.14. The predicted molar refractivity (Wildman–Crippen MR) is 82.3 cm³/mol. The van der Waals surface area contributed by atoms with Gasteiger partial charge in [-0.15, -0.1) is 0 Å². The smallest absolute Gasteiger partial charge is 0.252 e. The summed E-state index contributed by atoms with van der Waals surface area (Å²) in [5, 5.41) is 11.5. The summed E-state index contributed by atoms with van der Waals surface area (Å²) >= 11 is 6.15. The van der Waals surface area contributed by atoms with E-state index in [9.17, 15) is 4.79 Å². The first kappa shape index (κ1) is 12.4. The van der Waals surface area contributed by atoms with Gasteiger partial charge in [0.25, 0.3) is 5.91 Å². The Morgan fingerprint density at radius 1 is 1.38 bits per heavy atom. The first-order valence-corrected chi connectivity index (χ1v) is 7.12. The topological polar surface area (TPSA) is 57.8 Å². The van der Waals surface area contributed by atoms with Crippen LogP contribution >= 0.6 is 11.6 Å². The van der Waals surface area contributed by atoms with Gasteiger partial charge in [0.2, 0.25) is 0 Å². The van der Waals surface area contributed by atoms with E-state index in [0.29, 0.717) is 5.03 Å². The lowest BCUT2D eigenvalue weighted by molar-refractivity contribution is -0.115. The molecular weight excluding hydrogens is 286 g/mol. The predicted octanol–water partition coefficient (Wildman–Crippen LogP) is 3.10. The fraction of sp³-hybridized carbons (Fsp3) is 0.125. The molecule has 1 amide bonds. The third-order valence-corrected chi connectivity index (χ3v) is 4.25. The van der Waals surface area contributed by atoms with Crippen LogP contribution < -0.4 is 5.32 Å². The minimum Gasteiger partial charge on any atom is -0.324 e. The number of allylic oxidation sites excluding steroid dienone is 4. The van der Waals surface area contributed by atoms with Crippen LogP contribution in [0, 0.1) is 5.92 Å². The van der Waals surface area contributed by atoms with Gasteiger partial charge < -0.3 is 5.32 Å². The van der Waals surface area contributed by atoms with Gasteiger partial charge in [-0.05, 0) is 30.2 Å². The summed E-state index contributed by atoms with van der Waals surface area (Å²) in [7, 11) is 0. The Labute approximate surface area is 126 Å². The molecule has 4 rings (SSSR count). The van der Waals surface area contributed by atoms with E-state index in [1.165, 1.54) is 0 Å². The Morgan fingerprint density at radius 3 is 3.19 bits per heavy atom. The lowest BCUT2D eigenvalue weighted by Gasteiger charge is -2.14. The summed E-state index contributed by atoms with van der Waals surface area (Å²) < 4.78 is 0. The van der Waals surface area contributed by atoms with E-state index in [4.69, 9.17) is 11.6 Å². The first-order chi connectivity index (χ1) is 10.2. The number of hydrogen-bond acceptors (Lipinski definition) is 2. The number of carbonyl (C=O) groups is 1. The average molecular weight is 298 g/mol. The molecule has 0 radical (unpaired) electrons. The number of amides is 1. The van der Waals surface area contributed by atoms with Crippen molar-refractivity contribution in [2.75, 3.05) is 0 Å². The SMILES string of the molecule is O=C1NC2=C(Cl)C=CCC2/C1=C\c1ccc2cn[nH]c2c1. The molecule has 2 heterocycles. The normalized spacial score (nSPS) is 23.0. The van der Waals surface area contributed by atoms with Crippen LogP contribution in [0.25, 0.3) is 17.0 Å². The molecule has 1 aromatic heterocycles. The molecule has 2 aromatic rings. The van der Waals surface area contributed by atoms with E-state index in [1.807, 2.05) is 36.4 Å². The number of nitrogens with one attached hydrogen (secondary N) is 2. The fourth-order valence-corrected chi connectivity index (χ4v) is 3.12. The van der Waals surface area contributed by atoms with E-state index in [2.05, 4.69) is 15.5 Å². The minimum absolute atomic E-state index is 0.0347. The van der Waals surface area contributed by atoms with Crippen LogP contribution in [0.4, 0.5) is 0 Å². The van der Waals surface area contributed by atoms with Gasteiger partial charge in [0, 0.05) is 22.6 Å². The van der Waals surface area contributed by atoms with Crippen molar-refractivity contribution in [3.63, 3.8) is 0 Å². The summed E-state index contributed by atoms with van der Waals surface area (Å²) in [5.74, 6) is -0.0333. The van der Waals surface area contributed by atoms with Crippen molar-refractivity contribution in [2.45, 2.75) is 6.42 Å². The van der Waals surface area contributed by atoms with Crippen LogP contribution in [0.1, 0.15) is 12.0 Å². The van der Waals surface area contributed by atoms with Gasteiger partial charge in [-0.2, -0.15) is 5.10 Å². The molecule has 104 valence electrons. The number of H-pyrrole nitrogens is 1. The van der Waals surface area contributed by atoms with E-state index in [0.717, 1.165) is 34.2 Å². The average Bonchev–Trinajstić information content (AvgIpc) is 3.05. The highest BCUT2D eigenvalue weighted by Gasteiger charge is 2.34. The Morgan fingerprint density at radius 2 is 2.29 bits per heavy atom. The van der Waals surface area contributed by atoms with Crippen molar-refractivity contribution >= 4 is 34.5 Å². The van der Waals surface area contributed by atoms with E-state index in [-0.39, 0.29) is 11.8 Å². The second-order valence-corrected chi connectivity index (χ2v) is 5.63. The highest BCUT2D eigenvalue weighted by atomic mass is 35.5. The molecular formula is C16H12ClN3O. The van der Waals surface area contributed by atoms with Gasteiger partial charge >= 0.3 is 0 Å². The third-order valence-electron chi connectivity index (χ3n) is 3.92. The van der Waals surface area contributed by atoms with E-state index >= 15 is 0 Å². The zero-order valence-corrected chi connectivity index (χ0v) is 11.8. The minimum atomic E-state index is -0.0680. The molecule has 1 saturated heterocycles. The summed E-state index contributed by atoms with van der Waals surface area (Å²) in [5.41, 5.74) is 3.51. The molecule has 1 fully saturated rings. The van der Waals surface area contributed by atoms with Gasteiger partial charge in [-0.25, -0.2) is 0 Å². The van der Waals surface area contributed by atoms with Crippen molar-refractivity contribution in [2.24, 2.45) is 5.92 Å². The molecule has 0 bridgehead atoms. The Bertz CT molecular complexity index is 844. The Balaban J connectivity index is 1.78. The van der Waals surface area contributed by atoms with Gasteiger partial charge in [-0.1, -0.05) is 29.8 Å². The maximum absolute atomic E-state index is 12.2. The number of carbonyl (C=O) groups excluding carboxylic acids is 1. The number of nitrogens with zero attached hydrogens (tertiary/aromatic N) is 1. The van der Waals surface area contributed by atoms with Crippen molar-refractivity contribution < 1.29 is 4.79 Å². The summed E-state index contributed by atoms with van der Waals surface area (Å²) in [6, 6.07) is 5.97. The number of aromatic nitrogens is 2. The van der Waals surface area contributed by atoms with Crippen LogP contribution in [0.2, 0.25) is 0 Å². The monoisotopic (exact) mass is 297 g/mol. The summed E-state index contributed by atoms with van der Waals surface area (Å²) in [4.78, 5) is 12.2. The molecule has 21 heavy (non-hydrogen) atoms. The van der Waals surface area contributed by atoms with E-state index in [1.54, 1.807) is 6.20 Å². The van der Waals surface area contributed by atoms with Crippen LogP contribution in [-0.4, -0.2) is 16.1 Å². The number of halogens is 1. The second kappa shape index (κ2) is 4.60. The largest absolute Gasteiger partial charge is 0.324 e. The van der Waals surface area contributed by atoms with Gasteiger partial charge in [0.05, 0.1) is 16.7 Å². The first-order valence-electron chi connectivity index (χ1n) is 6.74. The third kappa shape index (κ3) is 1.99. The molecule has 0 spiro atoms. The van der Waals surface area contributed by atoms with Gasteiger partial charge in [0.15, 0.2) is 0 Å². The molecule has 4 nitrogen and oxygen atoms in total. The molecule has 1 aliphatic heterocycles. The highest BCUT2D eigenvalue weighted by molar-refractivity contribution is 6.32. The summed E-state index contributed by atoms with van der Waals surface area (Å²) in [6.45, 7) is 0. The van der Waals surface area contributed by atoms with Crippen molar-refractivity contribution in [1.82, 2.24) is 15.5 Å². The van der Waals surface area contributed by atoms with Crippen LogP contribution in [0.3, 0.4) is 0 Å². The number of benzene rings is 1. The van der Waals surface area contributed by atoms with Crippen molar-refractivity contribution in [3.8, 4) is 0 Å². The lowest BCUT2D eigenvalue weighted by atomic mass is 9.91. The number of fused-ring (bicyclic) bond motifs is 2. The second-order valence-electron chi connectivity index (χ2n) is 5.22. The Kier molecular flexibility index (Phi) is 2.72. The molecule has 5 heteroatoms. The molecule has 2 aliphatic rings. The number of aromatic amines is 1. The standard InChI is InChI=1S/C16H12ClN3O/c17-13-3-1-2-11-12(16(21)19-15(11)13)6-9-4-5-10-8-18-20-14(10)7-9/h1,3-8,11H,2H2,(H,18,20)(H,19,21)/b12-6+. The molecule has 1 aliphatic carbocycles. The molecule has 2 N–H and O–H groups in total. The molecule has 1 unspecified atom stereocenters. The van der Waals surface area contributed by atoms with Gasteiger partial charge in [-0.3, -0.25) is 9.89 Å². The van der Waals surface area contributed by atoms with Crippen LogP contribution in [-0.2, 0) is 4.79 Å². The molecule has 1 atom stereocenters. The highest BCUT2D eigenvalue weighted by Crippen LogP contribution is 2.37. The number of hydrogen-bond donors (Lipinski definition) is 2. The number of rotatable bonds is 1. The molecule has 1 aromatic carbocycles. The quantitative estimate of drug-likeness (QED) is 0.795. The fourth-order valence-electron chi connectivity index (χ4n) is 2.85. The zero-order valence-electron chi connectivity index (χ0n) is 11.1. The Hall–Kier alpha value is -2.33. The maximum Gasteiger partial charge on any atom is 0.252 e. The molecule has 0 saturated carbocycles. The van der Waals surface area contributed by atoms with Crippen molar-refractivity contribution in [3.05, 3.63) is 58.4 Å². The van der Waals surface area contributed by atoms with Crippen molar-refractivity contribution in [1.29, 1.82) is 0 Å². The maximum atomic E-state index is 12.2. The van der Waals surface area contributed by atoms with Crippen LogP contribution in [0.5, 0.6) is 0 Å². The zero-order chi connectivity index (χ0) is 14.4. The summed E-state index contributed by atoms with van der Waals surface area (Å²) in [6.07, 6.45) is 8.34. The van der Waals surface area contributed by atoms with E-state index < -0.39 is 0 Å².